The van der Waals surface area contributed by atoms with E-state index < -0.39 is 0 Å². The van der Waals surface area contributed by atoms with Crippen molar-refractivity contribution in [2.45, 2.75) is 19.3 Å². The summed E-state index contributed by atoms with van der Waals surface area (Å²) in [6.45, 7) is 2.00. The number of amides is 1. The number of halogens is 1. The van der Waals surface area contributed by atoms with Gasteiger partial charge in [0.05, 0.1) is 23.1 Å². The maximum absolute atomic E-state index is 11.9. The van der Waals surface area contributed by atoms with E-state index in [0.717, 1.165) is 22.4 Å². The number of aryl methyl sites for hydroxylation is 1. The van der Waals surface area contributed by atoms with Crippen molar-refractivity contribution in [3.8, 4) is 0 Å². The zero-order valence-electron chi connectivity index (χ0n) is 12.3. The van der Waals surface area contributed by atoms with Crippen molar-refractivity contribution >= 4 is 35.0 Å². The molecule has 0 aromatic heterocycles. The lowest BCUT2D eigenvalue weighted by Gasteiger charge is -2.08. The zero-order chi connectivity index (χ0) is 15.9. The highest BCUT2D eigenvalue weighted by molar-refractivity contribution is 7.99. The lowest BCUT2D eigenvalue weighted by molar-refractivity contribution is -0.113. The van der Waals surface area contributed by atoms with Crippen LogP contribution < -0.4 is 5.32 Å². The smallest absolute Gasteiger partial charge is 0.234 e. The number of hydrogen-bond donors (Lipinski definition) is 2. The highest BCUT2D eigenvalue weighted by atomic mass is 35.5. The Kier molecular flexibility index (Phi) is 6.31. The Labute approximate surface area is 139 Å². The molecule has 0 saturated heterocycles. The van der Waals surface area contributed by atoms with Crippen molar-refractivity contribution in [2.75, 3.05) is 11.1 Å². The van der Waals surface area contributed by atoms with Crippen molar-refractivity contribution in [3.63, 3.8) is 0 Å². The lowest BCUT2D eigenvalue weighted by atomic mass is 10.2. The van der Waals surface area contributed by atoms with E-state index in [1.165, 1.54) is 11.8 Å². The number of thioether (sulfide) groups is 1. The predicted octanol–water partition coefficient (Wildman–Crippen LogP) is 4.01. The quantitative estimate of drug-likeness (QED) is 0.838. The van der Waals surface area contributed by atoms with Crippen molar-refractivity contribution in [2.24, 2.45) is 0 Å². The number of carbonyl (C=O) groups is 1. The van der Waals surface area contributed by atoms with Gasteiger partial charge in [0.15, 0.2) is 0 Å². The van der Waals surface area contributed by atoms with Crippen LogP contribution in [0.15, 0.2) is 42.5 Å². The van der Waals surface area contributed by atoms with Crippen LogP contribution in [0.4, 0.5) is 5.69 Å². The van der Waals surface area contributed by atoms with E-state index in [0.29, 0.717) is 16.5 Å². The van der Waals surface area contributed by atoms with Crippen LogP contribution in [-0.2, 0) is 17.2 Å². The average Bonchev–Trinajstić information content (AvgIpc) is 2.51. The van der Waals surface area contributed by atoms with Gasteiger partial charge in [-0.05, 0) is 35.7 Å². The van der Waals surface area contributed by atoms with Crippen LogP contribution in [0.25, 0.3) is 0 Å². The number of hydrogen-bond acceptors (Lipinski definition) is 3. The Balaban J connectivity index is 1.79. The summed E-state index contributed by atoms with van der Waals surface area (Å²) in [4.78, 5) is 11.9. The van der Waals surface area contributed by atoms with E-state index >= 15 is 0 Å². The van der Waals surface area contributed by atoms with E-state index in [4.69, 9.17) is 16.7 Å². The van der Waals surface area contributed by atoms with Gasteiger partial charge >= 0.3 is 0 Å². The monoisotopic (exact) mass is 335 g/mol. The third-order valence-corrected chi connectivity index (χ3v) is 4.42. The number of aliphatic hydroxyl groups excluding tert-OH is 1. The van der Waals surface area contributed by atoms with Crippen LogP contribution in [0.2, 0.25) is 5.02 Å². The maximum Gasteiger partial charge on any atom is 0.234 e. The van der Waals surface area contributed by atoms with Gasteiger partial charge in [-0.1, -0.05) is 41.9 Å². The first-order valence-electron chi connectivity index (χ1n) is 6.91. The molecule has 116 valence electrons. The number of carbonyl (C=O) groups excluding carboxylic acids is 1. The topological polar surface area (TPSA) is 49.3 Å². The summed E-state index contributed by atoms with van der Waals surface area (Å²) in [6, 6.07) is 13.3. The van der Waals surface area contributed by atoms with Gasteiger partial charge in [0, 0.05) is 5.75 Å². The van der Waals surface area contributed by atoms with Crippen molar-refractivity contribution < 1.29 is 9.90 Å². The molecule has 0 bridgehead atoms. The Hall–Kier alpha value is -1.49. The van der Waals surface area contributed by atoms with Gasteiger partial charge in [-0.3, -0.25) is 4.79 Å². The molecular weight excluding hydrogens is 318 g/mol. The Morgan fingerprint density at radius 1 is 1.18 bits per heavy atom. The summed E-state index contributed by atoms with van der Waals surface area (Å²) in [5.74, 6) is 1.05. The van der Waals surface area contributed by atoms with Gasteiger partial charge in [-0.25, -0.2) is 0 Å². The third-order valence-electron chi connectivity index (χ3n) is 3.11. The molecular formula is C17H18ClNO2S. The first-order chi connectivity index (χ1) is 10.6. The standard InChI is InChI=1S/C17H18ClNO2S/c1-12-2-7-16(15(18)8-12)19-17(21)11-22-10-14-5-3-13(9-20)4-6-14/h2-8,20H,9-11H2,1H3,(H,19,21). The molecule has 2 rings (SSSR count). The van der Waals surface area contributed by atoms with Crippen LogP contribution in [-0.4, -0.2) is 16.8 Å². The number of nitrogens with one attached hydrogen (secondary N) is 1. The summed E-state index contributed by atoms with van der Waals surface area (Å²) in [6.07, 6.45) is 0. The second-order valence-electron chi connectivity index (χ2n) is 5.00. The molecule has 0 atom stereocenters. The number of benzene rings is 2. The first kappa shape index (κ1) is 16.9. The second-order valence-corrected chi connectivity index (χ2v) is 6.39. The van der Waals surface area contributed by atoms with E-state index in [-0.39, 0.29) is 12.5 Å². The van der Waals surface area contributed by atoms with E-state index in [9.17, 15) is 4.79 Å². The largest absolute Gasteiger partial charge is 0.392 e. The number of rotatable bonds is 6. The Morgan fingerprint density at radius 3 is 2.50 bits per heavy atom. The molecule has 0 aliphatic heterocycles. The fraction of sp³-hybridized carbons (Fsp3) is 0.235. The van der Waals surface area contributed by atoms with Gasteiger partial charge in [0.25, 0.3) is 0 Å². The molecule has 2 aromatic rings. The number of anilines is 1. The normalized spacial score (nSPS) is 10.5. The predicted molar refractivity (Wildman–Crippen MR) is 93.3 cm³/mol. The third kappa shape index (κ3) is 5.05. The second kappa shape index (κ2) is 8.22. The van der Waals surface area contributed by atoms with Crippen LogP contribution in [0.3, 0.4) is 0 Å². The summed E-state index contributed by atoms with van der Waals surface area (Å²) in [5.41, 5.74) is 3.72. The summed E-state index contributed by atoms with van der Waals surface area (Å²) >= 11 is 7.63. The molecule has 1 amide bonds. The minimum absolute atomic E-state index is 0.0487. The fourth-order valence-corrected chi connectivity index (χ4v) is 2.98. The van der Waals surface area contributed by atoms with Gasteiger partial charge < -0.3 is 10.4 Å². The molecule has 2 aromatic carbocycles. The van der Waals surface area contributed by atoms with Crippen LogP contribution >= 0.6 is 23.4 Å². The van der Waals surface area contributed by atoms with Gasteiger partial charge in [-0.2, -0.15) is 0 Å². The maximum atomic E-state index is 11.9. The van der Waals surface area contributed by atoms with Crippen molar-refractivity contribution in [3.05, 3.63) is 64.2 Å². The molecule has 2 N–H and O–H groups in total. The zero-order valence-corrected chi connectivity index (χ0v) is 13.9. The molecule has 0 saturated carbocycles. The average molecular weight is 336 g/mol. The molecule has 22 heavy (non-hydrogen) atoms. The molecule has 0 heterocycles. The van der Waals surface area contributed by atoms with Gasteiger partial charge in [0.2, 0.25) is 5.91 Å². The molecule has 3 nitrogen and oxygen atoms in total. The molecule has 0 aliphatic rings. The van der Waals surface area contributed by atoms with E-state index in [1.807, 2.05) is 49.4 Å². The molecule has 0 unspecified atom stereocenters. The summed E-state index contributed by atoms with van der Waals surface area (Å²) < 4.78 is 0. The highest BCUT2D eigenvalue weighted by Crippen LogP contribution is 2.23. The molecule has 0 radical (unpaired) electrons. The van der Waals surface area contributed by atoms with Crippen LogP contribution in [0, 0.1) is 6.92 Å². The van der Waals surface area contributed by atoms with Crippen LogP contribution in [0.5, 0.6) is 0 Å². The lowest BCUT2D eigenvalue weighted by Crippen LogP contribution is -2.14. The molecule has 0 fully saturated rings. The van der Waals surface area contributed by atoms with Crippen molar-refractivity contribution in [1.29, 1.82) is 0 Å². The summed E-state index contributed by atoms with van der Waals surface area (Å²) in [7, 11) is 0. The molecule has 5 heteroatoms. The first-order valence-corrected chi connectivity index (χ1v) is 8.44. The minimum Gasteiger partial charge on any atom is -0.392 e. The van der Waals surface area contributed by atoms with Crippen molar-refractivity contribution in [1.82, 2.24) is 0 Å². The van der Waals surface area contributed by atoms with Crippen LogP contribution in [0.1, 0.15) is 16.7 Å². The highest BCUT2D eigenvalue weighted by Gasteiger charge is 2.06. The summed E-state index contributed by atoms with van der Waals surface area (Å²) in [5, 5.41) is 12.4. The SMILES string of the molecule is Cc1ccc(NC(=O)CSCc2ccc(CO)cc2)c(Cl)c1. The van der Waals surface area contributed by atoms with E-state index in [1.54, 1.807) is 0 Å². The van der Waals surface area contributed by atoms with Gasteiger partial charge in [0.1, 0.15) is 0 Å². The number of aliphatic hydroxyl groups is 1. The fourth-order valence-electron chi connectivity index (χ4n) is 1.91. The minimum atomic E-state index is -0.0669. The van der Waals surface area contributed by atoms with E-state index in [2.05, 4.69) is 5.32 Å². The molecule has 0 aliphatic carbocycles. The van der Waals surface area contributed by atoms with Gasteiger partial charge in [-0.15, -0.1) is 11.8 Å². The Morgan fingerprint density at radius 2 is 1.86 bits per heavy atom. The molecule has 0 spiro atoms. The Bertz CT molecular complexity index is 644.